The number of ether oxygens (including phenoxy) is 2. The fourth-order valence-electron chi connectivity index (χ4n) is 1.95. The van der Waals surface area contributed by atoms with Gasteiger partial charge in [-0.25, -0.2) is 4.39 Å². The largest absolute Gasteiger partial charge is 0.494 e. The first kappa shape index (κ1) is 15.5. The summed E-state index contributed by atoms with van der Waals surface area (Å²) in [6.45, 7) is 7.77. The van der Waals surface area contributed by atoms with Crippen LogP contribution in [0.5, 0.6) is 5.75 Å². The standard InChI is InChI=1S/C15H21FO3/c1-6-19-14(17)15(4,10(2)3)11-7-8-12(16)13(9-11)18-5/h7-10H,6H2,1-5H3. The van der Waals surface area contributed by atoms with Crippen molar-refractivity contribution in [3.8, 4) is 5.75 Å². The van der Waals surface area contributed by atoms with Crippen molar-refractivity contribution in [2.24, 2.45) is 5.92 Å². The number of hydrogen-bond donors (Lipinski definition) is 0. The number of methoxy groups -OCH3 is 1. The summed E-state index contributed by atoms with van der Waals surface area (Å²) in [4.78, 5) is 12.2. The molecule has 1 atom stereocenters. The molecule has 0 saturated heterocycles. The number of benzene rings is 1. The lowest BCUT2D eigenvalue weighted by Gasteiger charge is -2.32. The zero-order valence-electron chi connectivity index (χ0n) is 12.1. The first-order valence-electron chi connectivity index (χ1n) is 6.39. The van der Waals surface area contributed by atoms with E-state index in [2.05, 4.69) is 0 Å². The Labute approximate surface area is 113 Å². The Bertz CT molecular complexity index is 457. The minimum Gasteiger partial charge on any atom is -0.494 e. The van der Waals surface area contributed by atoms with Gasteiger partial charge in [0.25, 0.3) is 0 Å². The van der Waals surface area contributed by atoms with Gasteiger partial charge in [-0.3, -0.25) is 4.79 Å². The maximum atomic E-state index is 13.5. The first-order chi connectivity index (χ1) is 8.87. The molecule has 0 saturated carbocycles. The molecule has 4 heteroatoms. The van der Waals surface area contributed by atoms with E-state index in [0.717, 1.165) is 0 Å². The Morgan fingerprint density at radius 3 is 2.53 bits per heavy atom. The van der Waals surface area contributed by atoms with Gasteiger partial charge in [0.05, 0.1) is 19.1 Å². The second kappa shape index (κ2) is 6.04. The summed E-state index contributed by atoms with van der Waals surface area (Å²) in [6, 6.07) is 4.48. The second-order valence-corrected chi connectivity index (χ2v) is 4.93. The Kier molecular flexibility index (Phi) is 4.92. The average molecular weight is 268 g/mol. The van der Waals surface area contributed by atoms with E-state index in [-0.39, 0.29) is 17.6 Å². The van der Waals surface area contributed by atoms with E-state index < -0.39 is 11.2 Å². The van der Waals surface area contributed by atoms with E-state index in [0.29, 0.717) is 12.2 Å². The van der Waals surface area contributed by atoms with Crippen LogP contribution in [0, 0.1) is 11.7 Å². The van der Waals surface area contributed by atoms with Gasteiger partial charge in [0, 0.05) is 0 Å². The highest BCUT2D eigenvalue weighted by molar-refractivity contribution is 5.83. The molecule has 0 spiro atoms. The van der Waals surface area contributed by atoms with Gasteiger partial charge in [-0.15, -0.1) is 0 Å². The normalized spacial score (nSPS) is 14.1. The molecule has 0 aliphatic rings. The monoisotopic (exact) mass is 268 g/mol. The van der Waals surface area contributed by atoms with Crippen LogP contribution < -0.4 is 4.74 Å². The molecule has 0 radical (unpaired) electrons. The van der Waals surface area contributed by atoms with Crippen molar-refractivity contribution >= 4 is 5.97 Å². The number of carbonyl (C=O) groups excluding carboxylic acids is 1. The third kappa shape index (κ3) is 2.88. The maximum absolute atomic E-state index is 13.5. The lowest BCUT2D eigenvalue weighted by atomic mass is 9.73. The van der Waals surface area contributed by atoms with Crippen molar-refractivity contribution < 1.29 is 18.7 Å². The van der Waals surface area contributed by atoms with Gasteiger partial charge in [-0.05, 0) is 37.5 Å². The minimum atomic E-state index is -0.822. The van der Waals surface area contributed by atoms with Crippen molar-refractivity contribution in [1.29, 1.82) is 0 Å². The van der Waals surface area contributed by atoms with Crippen LogP contribution in [-0.2, 0) is 14.9 Å². The molecule has 3 nitrogen and oxygen atoms in total. The zero-order chi connectivity index (χ0) is 14.6. The SMILES string of the molecule is CCOC(=O)C(C)(c1ccc(F)c(OC)c1)C(C)C. The predicted molar refractivity (Wildman–Crippen MR) is 71.8 cm³/mol. The van der Waals surface area contributed by atoms with E-state index in [1.54, 1.807) is 19.1 Å². The summed E-state index contributed by atoms with van der Waals surface area (Å²) in [5, 5.41) is 0. The highest BCUT2D eigenvalue weighted by atomic mass is 19.1. The second-order valence-electron chi connectivity index (χ2n) is 4.93. The van der Waals surface area contributed by atoms with E-state index in [4.69, 9.17) is 9.47 Å². The van der Waals surface area contributed by atoms with Crippen LogP contribution in [-0.4, -0.2) is 19.7 Å². The van der Waals surface area contributed by atoms with Gasteiger partial charge >= 0.3 is 5.97 Å². The molecule has 1 unspecified atom stereocenters. The molecular formula is C15H21FO3. The molecule has 0 aliphatic carbocycles. The number of halogens is 1. The van der Waals surface area contributed by atoms with E-state index in [1.165, 1.54) is 13.2 Å². The first-order valence-corrected chi connectivity index (χ1v) is 6.39. The van der Waals surface area contributed by atoms with Crippen molar-refractivity contribution in [3.05, 3.63) is 29.6 Å². The Balaban J connectivity index is 3.30. The van der Waals surface area contributed by atoms with E-state index in [9.17, 15) is 9.18 Å². The molecule has 0 fully saturated rings. The number of rotatable bonds is 5. The molecule has 0 bridgehead atoms. The molecular weight excluding hydrogens is 247 g/mol. The van der Waals surface area contributed by atoms with Gasteiger partial charge in [0.1, 0.15) is 0 Å². The number of hydrogen-bond acceptors (Lipinski definition) is 3. The molecule has 19 heavy (non-hydrogen) atoms. The highest BCUT2D eigenvalue weighted by Crippen LogP contribution is 2.35. The fraction of sp³-hybridized carbons (Fsp3) is 0.533. The molecule has 1 aromatic carbocycles. The van der Waals surface area contributed by atoms with Crippen molar-refractivity contribution in [2.75, 3.05) is 13.7 Å². The summed E-state index contributed by atoms with van der Waals surface area (Å²) in [5.41, 5.74) is -0.129. The highest BCUT2D eigenvalue weighted by Gasteiger charge is 2.40. The summed E-state index contributed by atoms with van der Waals surface area (Å²) in [6.07, 6.45) is 0. The Morgan fingerprint density at radius 1 is 1.42 bits per heavy atom. The van der Waals surface area contributed by atoms with E-state index in [1.807, 2.05) is 20.8 Å². The van der Waals surface area contributed by atoms with Gasteiger partial charge in [0.15, 0.2) is 11.6 Å². The van der Waals surface area contributed by atoms with Crippen LogP contribution in [0.3, 0.4) is 0 Å². The summed E-state index contributed by atoms with van der Waals surface area (Å²) >= 11 is 0. The molecule has 0 N–H and O–H groups in total. The van der Waals surface area contributed by atoms with Crippen LogP contribution in [0.1, 0.15) is 33.3 Å². The lowest BCUT2D eigenvalue weighted by Crippen LogP contribution is -2.39. The average Bonchev–Trinajstić information content (AvgIpc) is 2.38. The number of esters is 1. The molecule has 1 rings (SSSR count). The summed E-state index contributed by atoms with van der Waals surface area (Å²) < 4.78 is 23.6. The van der Waals surface area contributed by atoms with Gasteiger partial charge in [-0.2, -0.15) is 0 Å². The van der Waals surface area contributed by atoms with Crippen LogP contribution in [0.15, 0.2) is 18.2 Å². The summed E-state index contributed by atoms with van der Waals surface area (Å²) in [7, 11) is 1.40. The molecule has 106 valence electrons. The predicted octanol–water partition coefficient (Wildman–Crippen LogP) is 3.31. The quantitative estimate of drug-likeness (QED) is 0.768. The van der Waals surface area contributed by atoms with Crippen LogP contribution in [0.25, 0.3) is 0 Å². The molecule has 0 heterocycles. The zero-order valence-corrected chi connectivity index (χ0v) is 12.1. The minimum absolute atomic E-state index is 0.0155. The maximum Gasteiger partial charge on any atom is 0.316 e. The third-order valence-electron chi connectivity index (χ3n) is 3.60. The van der Waals surface area contributed by atoms with Gasteiger partial charge in [-0.1, -0.05) is 19.9 Å². The fourth-order valence-corrected chi connectivity index (χ4v) is 1.95. The number of carbonyl (C=O) groups is 1. The van der Waals surface area contributed by atoms with Crippen molar-refractivity contribution in [1.82, 2.24) is 0 Å². The van der Waals surface area contributed by atoms with Crippen LogP contribution >= 0.6 is 0 Å². The van der Waals surface area contributed by atoms with Crippen LogP contribution in [0.2, 0.25) is 0 Å². The smallest absolute Gasteiger partial charge is 0.316 e. The van der Waals surface area contributed by atoms with Gasteiger partial charge < -0.3 is 9.47 Å². The van der Waals surface area contributed by atoms with Crippen LogP contribution in [0.4, 0.5) is 4.39 Å². The Hall–Kier alpha value is -1.58. The van der Waals surface area contributed by atoms with E-state index >= 15 is 0 Å². The molecule has 0 aliphatic heterocycles. The van der Waals surface area contributed by atoms with Crippen molar-refractivity contribution in [3.63, 3.8) is 0 Å². The molecule has 0 aromatic heterocycles. The molecule has 0 amide bonds. The topological polar surface area (TPSA) is 35.5 Å². The van der Waals surface area contributed by atoms with Crippen molar-refractivity contribution in [2.45, 2.75) is 33.1 Å². The Morgan fingerprint density at radius 2 is 2.05 bits per heavy atom. The third-order valence-corrected chi connectivity index (χ3v) is 3.60. The molecule has 1 aromatic rings. The lowest BCUT2D eigenvalue weighted by molar-refractivity contribution is -0.151. The summed E-state index contributed by atoms with van der Waals surface area (Å²) in [5.74, 6) is -0.602. The van der Waals surface area contributed by atoms with Gasteiger partial charge in [0.2, 0.25) is 0 Å².